The molecule has 0 spiro atoms. The second-order valence-electron chi connectivity index (χ2n) is 5.46. The average Bonchev–Trinajstić information content (AvgIpc) is 2.39. The van der Waals surface area contributed by atoms with Crippen LogP contribution in [0.2, 0.25) is 0 Å². The Bertz CT molecular complexity index is 151. The van der Waals surface area contributed by atoms with Crippen molar-refractivity contribution in [2.45, 2.75) is 40.5 Å². The summed E-state index contributed by atoms with van der Waals surface area (Å²) in [5, 5.41) is 0. The molecule has 0 heteroatoms. The van der Waals surface area contributed by atoms with E-state index in [9.17, 15) is 0 Å². The van der Waals surface area contributed by atoms with Crippen LogP contribution in [0.5, 0.6) is 0 Å². The highest BCUT2D eigenvalue weighted by atomic mass is 14.6. The Kier molecular flexibility index (Phi) is 1.41. The van der Waals surface area contributed by atoms with E-state index in [4.69, 9.17) is 0 Å². The van der Waals surface area contributed by atoms with Gasteiger partial charge in [0.05, 0.1) is 0 Å². The van der Waals surface area contributed by atoms with Gasteiger partial charge in [-0.15, -0.1) is 0 Å². The fraction of sp³-hybridized carbons (Fsp3) is 1.00. The first-order valence-corrected chi connectivity index (χ1v) is 5.03. The van der Waals surface area contributed by atoms with E-state index in [2.05, 4.69) is 27.7 Å². The van der Waals surface area contributed by atoms with Crippen LogP contribution >= 0.6 is 0 Å². The standard InChI is InChI=1S/C11H20/c1-7-5-9-10(6-8(7)2)11(9,3)4/h7-10H,5-6H2,1-4H3/t7-,8?,9?,10+/m1/s1. The Morgan fingerprint density at radius 3 is 1.64 bits per heavy atom. The highest BCUT2D eigenvalue weighted by Gasteiger charge is 2.59. The summed E-state index contributed by atoms with van der Waals surface area (Å²) in [5.41, 5.74) is 0.707. The first-order chi connectivity index (χ1) is 5.03. The van der Waals surface area contributed by atoms with Crippen LogP contribution in [-0.4, -0.2) is 0 Å². The van der Waals surface area contributed by atoms with Gasteiger partial charge in [-0.05, 0) is 41.9 Å². The SMILES string of the molecule is CC1C[C@H]2C(C[C@H]1C)C2(C)C. The van der Waals surface area contributed by atoms with Crippen LogP contribution in [0.1, 0.15) is 40.5 Å². The summed E-state index contributed by atoms with van der Waals surface area (Å²) >= 11 is 0. The second-order valence-corrected chi connectivity index (χ2v) is 5.46. The maximum atomic E-state index is 2.45. The molecule has 2 unspecified atom stereocenters. The van der Waals surface area contributed by atoms with Gasteiger partial charge in [0.25, 0.3) is 0 Å². The smallest absolute Gasteiger partial charge is 0.0292 e. The molecule has 2 aliphatic carbocycles. The quantitative estimate of drug-likeness (QED) is 0.499. The van der Waals surface area contributed by atoms with Gasteiger partial charge in [0.15, 0.2) is 0 Å². The van der Waals surface area contributed by atoms with E-state index in [1.807, 2.05) is 0 Å². The minimum Gasteiger partial charge on any atom is -0.0622 e. The molecule has 0 bridgehead atoms. The van der Waals surface area contributed by atoms with Gasteiger partial charge in [0, 0.05) is 0 Å². The van der Waals surface area contributed by atoms with Crippen LogP contribution in [0.25, 0.3) is 0 Å². The Morgan fingerprint density at radius 2 is 1.27 bits per heavy atom. The first kappa shape index (κ1) is 7.64. The Labute approximate surface area is 70.4 Å². The van der Waals surface area contributed by atoms with Gasteiger partial charge in [-0.2, -0.15) is 0 Å². The molecular weight excluding hydrogens is 132 g/mol. The van der Waals surface area contributed by atoms with Crippen LogP contribution in [0.4, 0.5) is 0 Å². The van der Waals surface area contributed by atoms with Crippen molar-refractivity contribution in [3.8, 4) is 0 Å². The fourth-order valence-electron chi connectivity index (χ4n) is 3.06. The number of rotatable bonds is 0. The zero-order chi connectivity index (χ0) is 8.22. The van der Waals surface area contributed by atoms with Crippen molar-refractivity contribution in [1.82, 2.24) is 0 Å². The van der Waals surface area contributed by atoms with Crippen molar-refractivity contribution >= 4 is 0 Å². The molecule has 0 aromatic heterocycles. The maximum Gasteiger partial charge on any atom is -0.0292 e. The minimum absolute atomic E-state index is 0.707. The molecule has 0 radical (unpaired) electrons. The number of hydrogen-bond donors (Lipinski definition) is 0. The number of fused-ring (bicyclic) bond motifs is 1. The van der Waals surface area contributed by atoms with Gasteiger partial charge in [-0.25, -0.2) is 0 Å². The van der Waals surface area contributed by atoms with E-state index in [-0.39, 0.29) is 0 Å². The molecule has 0 heterocycles. The Balaban J connectivity index is 2.07. The van der Waals surface area contributed by atoms with E-state index < -0.39 is 0 Å². The largest absolute Gasteiger partial charge is 0.0622 e. The van der Waals surface area contributed by atoms with Crippen molar-refractivity contribution in [2.24, 2.45) is 29.1 Å². The van der Waals surface area contributed by atoms with Crippen molar-refractivity contribution in [2.75, 3.05) is 0 Å². The fourth-order valence-corrected chi connectivity index (χ4v) is 3.06. The summed E-state index contributed by atoms with van der Waals surface area (Å²) in [6, 6.07) is 0. The molecule has 64 valence electrons. The van der Waals surface area contributed by atoms with Gasteiger partial charge < -0.3 is 0 Å². The molecule has 0 aromatic carbocycles. The Morgan fingerprint density at radius 1 is 0.909 bits per heavy atom. The second kappa shape index (κ2) is 2.02. The Hall–Kier alpha value is 0. The molecule has 2 saturated carbocycles. The maximum absolute atomic E-state index is 2.45. The molecule has 0 saturated heterocycles. The van der Waals surface area contributed by atoms with Crippen LogP contribution < -0.4 is 0 Å². The normalized spacial score (nSPS) is 53.5. The highest BCUT2D eigenvalue weighted by Crippen LogP contribution is 2.66. The molecule has 2 fully saturated rings. The summed E-state index contributed by atoms with van der Waals surface area (Å²) in [6.45, 7) is 9.75. The van der Waals surface area contributed by atoms with Gasteiger partial charge in [-0.1, -0.05) is 27.7 Å². The van der Waals surface area contributed by atoms with Crippen molar-refractivity contribution in [1.29, 1.82) is 0 Å². The summed E-state index contributed by atoms with van der Waals surface area (Å²) in [6.07, 6.45) is 3.00. The lowest BCUT2D eigenvalue weighted by molar-refractivity contribution is 0.265. The van der Waals surface area contributed by atoms with Crippen molar-refractivity contribution in [3.05, 3.63) is 0 Å². The molecule has 2 rings (SSSR count). The predicted molar refractivity (Wildman–Crippen MR) is 48.3 cm³/mol. The van der Waals surface area contributed by atoms with Crippen molar-refractivity contribution in [3.63, 3.8) is 0 Å². The molecule has 0 aliphatic heterocycles. The molecule has 2 aliphatic rings. The zero-order valence-corrected chi connectivity index (χ0v) is 8.22. The molecule has 11 heavy (non-hydrogen) atoms. The zero-order valence-electron chi connectivity index (χ0n) is 8.22. The lowest BCUT2D eigenvalue weighted by atomic mass is 9.82. The van der Waals surface area contributed by atoms with Crippen LogP contribution in [0.15, 0.2) is 0 Å². The lowest BCUT2D eigenvalue weighted by Crippen LogP contribution is -2.14. The molecule has 0 amide bonds. The summed E-state index contributed by atoms with van der Waals surface area (Å²) < 4.78 is 0. The third-order valence-corrected chi connectivity index (χ3v) is 4.51. The summed E-state index contributed by atoms with van der Waals surface area (Å²) in [7, 11) is 0. The molecule has 0 aromatic rings. The molecule has 0 nitrogen and oxygen atoms in total. The van der Waals surface area contributed by atoms with Crippen LogP contribution in [0.3, 0.4) is 0 Å². The van der Waals surface area contributed by atoms with E-state index in [0.717, 1.165) is 23.7 Å². The van der Waals surface area contributed by atoms with Gasteiger partial charge >= 0.3 is 0 Å². The average molecular weight is 152 g/mol. The monoisotopic (exact) mass is 152 g/mol. The van der Waals surface area contributed by atoms with Gasteiger partial charge in [0.1, 0.15) is 0 Å². The molecule has 0 N–H and O–H groups in total. The van der Waals surface area contributed by atoms with E-state index >= 15 is 0 Å². The summed E-state index contributed by atoms with van der Waals surface area (Å²) in [4.78, 5) is 0. The third-order valence-electron chi connectivity index (χ3n) is 4.51. The minimum atomic E-state index is 0.707. The predicted octanol–water partition coefficient (Wildman–Crippen LogP) is 3.32. The van der Waals surface area contributed by atoms with E-state index in [1.54, 1.807) is 0 Å². The number of hydrogen-bond acceptors (Lipinski definition) is 0. The summed E-state index contributed by atoms with van der Waals surface area (Å²) in [5.74, 6) is 4.12. The van der Waals surface area contributed by atoms with E-state index in [0.29, 0.717) is 5.41 Å². The van der Waals surface area contributed by atoms with Gasteiger partial charge in [0.2, 0.25) is 0 Å². The highest BCUT2D eigenvalue weighted by molar-refractivity contribution is 5.08. The third kappa shape index (κ3) is 0.947. The molecule has 4 atom stereocenters. The van der Waals surface area contributed by atoms with Crippen molar-refractivity contribution < 1.29 is 0 Å². The topological polar surface area (TPSA) is 0 Å². The molecular formula is C11H20. The van der Waals surface area contributed by atoms with Crippen LogP contribution in [-0.2, 0) is 0 Å². The first-order valence-electron chi connectivity index (χ1n) is 5.03. The lowest BCUT2D eigenvalue weighted by Gasteiger charge is -2.24. The van der Waals surface area contributed by atoms with E-state index in [1.165, 1.54) is 12.8 Å². The van der Waals surface area contributed by atoms with Crippen LogP contribution in [0, 0.1) is 29.1 Å². The van der Waals surface area contributed by atoms with Gasteiger partial charge in [-0.3, -0.25) is 0 Å².